The molecule has 1 saturated heterocycles. The standard InChI is InChI=1S/C21H23N5O2/c1-13-17(6-3-9-22-13)26-21(28)14-4-2-5-16(10-14)25-20(27)15-7-8-18-19(11-15)24-12-23-18/h2,4-5,7-8,10-13,17,22H,3,6,9H2,1H3,(H,23,24)(H,25,27)(H,26,28). The Labute approximate surface area is 162 Å². The van der Waals surface area contributed by atoms with Crippen LogP contribution in [-0.2, 0) is 0 Å². The highest BCUT2D eigenvalue weighted by atomic mass is 16.2. The molecule has 2 heterocycles. The first-order valence-corrected chi connectivity index (χ1v) is 9.49. The lowest BCUT2D eigenvalue weighted by Crippen LogP contribution is -2.51. The van der Waals surface area contributed by atoms with Gasteiger partial charge in [-0.25, -0.2) is 4.98 Å². The number of piperidine rings is 1. The molecular formula is C21H23N5O2. The largest absolute Gasteiger partial charge is 0.348 e. The summed E-state index contributed by atoms with van der Waals surface area (Å²) in [6.07, 6.45) is 3.61. The lowest BCUT2D eigenvalue weighted by atomic mass is 9.99. The third-order valence-corrected chi connectivity index (χ3v) is 5.14. The molecule has 2 atom stereocenters. The predicted molar refractivity (Wildman–Crippen MR) is 108 cm³/mol. The lowest BCUT2D eigenvalue weighted by Gasteiger charge is -2.30. The third kappa shape index (κ3) is 3.89. The zero-order valence-corrected chi connectivity index (χ0v) is 15.7. The fraction of sp³-hybridized carbons (Fsp3) is 0.286. The van der Waals surface area contributed by atoms with E-state index in [0.29, 0.717) is 16.8 Å². The molecule has 3 aromatic rings. The summed E-state index contributed by atoms with van der Waals surface area (Å²) < 4.78 is 0. The first-order chi connectivity index (χ1) is 13.6. The molecule has 28 heavy (non-hydrogen) atoms. The van der Waals surface area contributed by atoms with E-state index in [4.69, 9.17) is 0 Å². The summed E-state index contributed by atoms with van der Waals surface area (Å²) in [4.78, 5) is 32.3. The molecule has 0 aliphatic carbocycles. The van der Waals surface area contributed by atoms with Crippen LogP contribution in [0.15, 0.2) is 48.8 Å². The summed E-state index contributed by atoms with van der Waals surface area (Å²) in [6.45, 7) is 3.07. The van der Waals surface area contributed by atoms with Gasteiger partial charge in [0.25, 0.3) is 11.8 Å². The second-order valence-corrected chi connectivity index (χ2v) is 7.13. The number of imidazole rings is 1. The van der Waals surface area contributed by atoms with E-state index < -0.39 is 0 Å². The molecule has 144 valence electrons. The highest BCUT2D eigenvalue weighted by Gasteiger charge is 2.23. The molecule has 2 unspecified atom stereocenters. The fourth-order valence-electron chi connectivity index (χ4n) is 3.51. The predicted octanol–water partition coefficient (Wildman–Crippen LogP) is 2.69. The number of nitrogens with zero attached hydrogens (tertiary/aromatic N) is 1. The maximum Gasteiger partial charge on any atom is 0.255 e. The van der Waals surface area contributed by atoms with Gasteiger partial charge in [0.15, 0.2) is 0 Å². The number of carbonyl (C=O) groups excluding carboxylic acids is 2. The van der Waals surface area contributed by atoms with Gasteiger partial charge in [-0.05, 0) is 62.7 Å². The number of amides is 2. The molecule has 4 N–H and O–H groups in total. The van der Waals surface area contributed by atoms with E-state index in [9.17, 15) is 9.59 Å². The normalized spacial score (nSPS) is 19.3. The van der Waals surface area contributed by atoms with Gasteiger partial charge in [-0.2, -0.15) is 0 Å². The molecule has 1 aromatic heterocycles. The van der Waals surface area contributed by atoms with Crippen molar-refractivity contribution in [1.82, 2.24) is 20.6 Å². The molecular weight excluding hydrogens is 354 g/mol. The van der Waals surface area contributed by atoms with E-state index in [2.05, 4.69) is 32.8 Å². The van der Waals surface area contributed by atoms with Crippen LogP contribution in [0, 0.1) is 0 Å². The Morgan fingerprint density at radius 3 is 2.82 bits per heavy atom. The number of rotatable bonds is 4. The number of aromatic nitrogens is 2. The van der Waals surface area contributed by atoms with Crippen molar-refractivity contribution in [1.29, 1.82) is 0 Å². The molecule has 0 spiro atoms. The van der Waals surface area contributed by atoms with Crippen LogP contribution in [0.4, 0.5) is 5.69 Å². The first kappa shape index (κ1) is 18.2. The van der Waals surface area contributed by atoms with Crippen LogP contribution >= 0.6 is 0 Å². The van der Waals surface area contributed by atoms with Crippen LogP contribution in [0.1, 0.15) is 40.5 Å². The van der Waals surface area contributed by atoms with E-state index in [1.807, 2.05) is 0 Å². The molecule has 1 aliphatic rings. The van der Waals surface area contributed by atoms with Gasteiger partial charge in [-0.1, -0.05) is 6.07 Å². The summed E-state index contributed by atoms with van der Waals surface area (Å²) in [5.41, 5.74) is 3.24. The van der Waals surface area contributed by atoms with Gasteiger partial charge >= 0.3 is 0 Å². The number of hydrogen-bond donors (Lipinski definition) is 4. The molecule has 0 radical (unpaired) electrons. The van der Waals surface area contributed by atoms with Crippen LogP contribution in [0.5, 0.6) is 0 Å². The molecule has 7 heteroatoms. The number of benzene rings is 2. The van der Waals surface area contributed by atoms with Crippen molar-refractivity contribution in [3.8, 4) is 0 Å². The quantitative estimate of drug-likeness (QED) is 0.562. The zero-order valence-electron chi connectivity index (χ0n) is 15.7. The fourth-order valence-corrected chi connectivity index (χ4v) is 3.51. The number of H-pyrrole nitrogens is 1. The zero-order chi connectivity index (χ0) is 19.5. The Kier molecular flexibility index (Phi) is 5.08. The van der Waals surface area contributed by atoms with Gasteiger partial charge in [0.1, 0.15) is 0 Å². The first-order valence-electron chi connectivity index (χ1n) is 9.49. The maximum absolute atomic E-state index is 12.6. The van der Waals surface area contributed by atoms with Crippen LogP contribution in [-0.4, -0.2) is 40.4 Å². The summed E-state index contributed by atoms with van der Waals surface area (Å²) in [6, 6.07) is 12.6. The van der Waals surface area contributed by atoms with Crippen molar-refractivity contribution in [2.45, 2.75) is 31.8 Å². The van der Waals surface area contributed by atoms with E-state index in [1.54, 1.807) is 48.8 Å². The molecule has 4 rings (SSSR count). The lowest BCUT2D eigenvalue weighted by molar-refractivity contribution is 0.0919. The molecule has 0 bridgehead atoms. The minimum Gasteiger partial charge on any atom is -0.348 e. The van der Waals surface area contributed by atoms with E-state index in [0.717, 1.165) is 30.4 Å². The van der Waals surface area contributed by atoms with Crippen molar-refractivity contribution in [2.75, 3.05) is 11.9 Å². The third-order valence-electron chi connectivity index (χ3n) is 5.14. The van der Waals surface area contributed by atoms with E-state index >= 15 is 0 Å². The summed E-state index contributed by atoms with van der Waals surface area (Å²) in [5.74, 6) is -0.366. The number of fused-ring (bicyclic) bond motifs is 1. The molecule has 2 aromatic carbocycles. The number of carbonyl (C=O) groups is 2. The average Bonchev–Trinajstić information content (AvgIpc) is 3.17. The van der Waals surface area contributed by atoms with Crippen LogP contribution in [0.2, 0.25) is 0 Å². The molecule has 1 fully saturated rings. The topological polar surface area (TPSA) is 98.9 Å². The summed E-state index contributed by atoms with van der Waals surface area (Å²) >= 11 is 0. The minimum absolute atomic E-state index is 0.112. The van der Waals surface area contributed by atoms with Gasteiger partial charge in [0.05, 0.1) is 17.4 Å². The van der Waals surface area contributed by atoms with Crippen molar-refractivity contribution >= 4 is 28.5 Å². The molecule has 7 nitrogen and oxygen atoms in total. The highest BCUT2D eigenvalue weighted by molar-refractivity contribution is 6.06. The van der Waals surface area contributed by atoms with Crippen molar-refractivity contribution in [3.63, 3.8) is 0 Å². The van der Waals surface area contributed by atoms with Crippen molar-refractivity contribution < 1.29 is 9.59 Å². The highest BCUT2D eigenvalue weighted by Crippen LogP contribution is 2.16. The van der Waals surface area contributed by atoms with Gasteiger partial charge in [0.2, 0.25) is 0 Å². The minimum atomic E-state index is -0.237. The molecule has 1 aliphatic heterocycles. The van der Waals surface area contributed by atoms with Crippen molar-refractivity contribution in [2.24, 2.45) is 0 Å². The van der Waals surface area contributed by atoms with Crippen molar-refractivity contribution in [3.05, 3.63) is 59.9 Å². The van der Waals surface area contributed by atoms with Gasteiger partial charge < -0.3 is 20.9 Å². The number of nitrogens with one attached hydrogen (secondary N) is 4. The van der Waals surface area contributed by atoms with E-state index in [-0.39, 0.29) is 23.9 Å². The smallest absolute Gasteiger partial charge is 0.255 e. The second-order valence-electron chi connectivity index (χ2n) is 7.13. The van der Waals surface area contributed by atoms with E-state index in [1.165, 1.54) is 0 Å². The Morgan fingerprint density at radius 1 is 1.11 bits per heavy atom. The second kappa shape index (κ2) is 7.82. The van der Waals surface area contributed by atoms with Crippen LogP contribution in [0.25, 0.3) is 11.0 Å². The van der Waals surface area contributed by atoms with Crippen LogP contribution < -0.4 is 16.0 Å². The Balaban J connectivity index is 1.45. The Morgan fingerprint density at radius 2 is 1.96 bits per heavy atom. The Bertz CT molecular complexity index is 1010. The number of anilines is 1. The van der Waals surface area contributed by atoms with Gasteiger partial charge in [-0.15, -0.1) is 0 Å². The summed E-state index contributed by atoms with van der Waals surface area (Å²) in [5, 5.41) is 9.32. The molecule has 0 saturated carbocycles. The summed E-state index contributed by atoms with van der Waals surface area (Å²) in [7, 11) is 0. The maximum atomic E-state index is 12.6. The Hall–Kier alpha value is -3.19. The van der Waals surface area contributed by atoms with Gasteiger partial charge in [-0.3, -0.25) is 9.59 Å². The average molecular weight is 377 g/mol. The van der Waals surface area contributed by atoms with Crippen LogP contribution in [0.3, 0.4) is 0 Å². The van der Waals surface area contributed by atoms with Gasteiger partial charge in [0, 0.05) is 28.9 Å². The SMILES string of the molecule is CC1NCCCC1NC(=O)c1cccc(NC(=O)c2ccc3nc[nH]c3c2)c1. The monoisotopic (exact) mass is 377 g/mol. The number of hydrogen-bond acceptors (Lipinski definition) is 4. The molecule has 2 amide bonds. The number of aromatic amines is 1.